The van der Waals surface area contributed by atoms with E-state index in [4.69, 9.17) is 21.1 Å². The van der Waals surface area contributed by atoms with Crippen LogP contribution in [0.1, 0.15) is 5.56 Å². The first-order valence-electron chi connectivity index (χ1n) is 6.59. The van der Waals surface area contributed by atoms with Gasteiger partial charge >= 0.3 is 0 Å². The van der Waals surface area contributed by atoms with Gasteiger partial charge in [-0.15, -0.1) is 0 Å². The molecule has 0 bridgehead atoms. The zero-order valence-corrected chi connectivity index (χ0v) is 12.6. The van der Waals surface area contributed by atoms with Crippen molar-refractivity contribution in [2.75, 3.05) is 31.1 Å². The fourth-order valence-electron chi connectivity index (χ4n) is 2.08. The van der Waals surface area contributed by atoms with Crippen LogP contribution in [0.4, 0.5) is 11.5 Å². The second-order valence-electron chi connectivity index (χ2n) is 4.96. The molecular formula is C15H16ClN3O2. The van der Waals surface area contributed by atoms with E-state index in [9.17, 15) is 0 Å². The highest BCUT2D eigenvalue weighted by molar-refractivity contribution is 6.32. The first-order chi connectivity index (χ1) is 10.1. The SMILES string of the molecule is CN(C)c1ccc(NCc2cc(Cl)c3c(c2)OCO3)cn1. The normalized spacial score (nSPS) is 12.3. The third-order valence-electron chi connectivity index (χ3n) is 3.19. The number of rotatable bonds is 4. The van der Waals surface area contributed by atoms with Crippen LogP contribution >= 0.6 is 11.6 Å². The van der Waals surface area contributed by atoms with Crippen LogP contribution in [0.5, 0.6) is 11.5 Å². The number of hydrogen-bond acceptors (Lipinski definition) is 5. The lowest BCUT2D eigenvalue weighted by molar-refractivity contribution is 0.174. The van der Waals surface area contributed by atoms with Crippen molar-refractivity contribution in [2.45, 2.75) is 6.54 Å². The van der Waals surface area contributed by atoms with E-state index in [-0.39, 0.29) is 6.79 Å². The molecule has 0 aliphatic carbocycles. The van der Waals surface area contributed by atoms with Gasteiger partial charge in [-0.1, -0.05) is 11.6 Å². The Labute approximate surface area is 128 Å². The number of aromatic nitrogens is 1. The van der Waals surface area contributed by atoms with Crippen molar-refractivity contribution in [3.8, 4) is 11.5 Å². The maximum absolute atomic E-state index is 6.16. The molecule has 3 rings (SSSR count). The maximum Gasteiger partial charge on any atom is 0.231 e. The number of anilines is 2. The number of ether oxygens (including phenoxy) is 2. The van der Waals surface area contributed by atoms with Crippen LogP contribution in [-0.4, -0.2) is 25.9 Å². The van der Waals surface area contributed by atoms with Crippen molar-refractivity contribution in [1.82, 2.24) is 4.98 Å². The Hall–Kier alpha value is -2.14. The van der Waals surface area contributed by atoms with Gasteiger partial charge in [0, 0.05) is 20.6 Å². The molecule has 0 unspecified atom stereocenters. The van der Waals surface area contributed by atoms with E-state index in [1.54, 1.807) is 0 Å². The Bertz CT molecular complexity index is 644. The average Bonchev–Trinajstić information content (AvgIpc) is 2.94. The summed E-state index contributed by atoms with van der Waals surface area (Å²) in [7, 11) is 3.92. The van der Waals surface area contributed by atoms with E-state index in [0.29, 0.717) is 23.1 Å². The van der Waals surface area contributed by atoms with Gasteiger partial charge in [0.25, 0.3) is 0 Å². The third kappa shape index (κ3) is 2.97. The summed E-state index contributed by atoms with van der Waals surface area (Å²) in [5.74, 6) is 2.24. The summed E-state index contributed by atoms with van der Waals surface area (Å²) in [6.45, 7) is 0.862. The Morgan fingerprint density at radius 1 is 1.29 bits per heavy atom. The molecule has 1 aromatic heterocycles. The molecule has 21 heavy (non-hydrogen) atoms. The van der Waals surface area contributed by atoms with Gasteiger partial charge in [0.1, 0.15) is 5.82 Å². The Kier molecular flexibility index (Phi) is 3.75. The molecule has 0 spiro atoms. The fourth-order valence-corrected chi connectivity index (χ4v) is 2.37. The number of nitrogens with zero attached hydrogens (tertiary/aromatic N) is 2. The summed E-state index contributed by atoms with van der Waals surface area (Å²) in [5, 5.41) is 3.88. The van der Waals surface area contributed by atoms with Gasteiger partial charge in [-0.05, 0) is 29.8 Å². The van der Waals surface area contributed by atoms with Crippen molar-refractivity contribution in [3.63, 3.8) is 0 Å². The predicted octanol–water partition coefficient (Wildman–Crippen LogP) is 3.14. The zero-order valence-electron chi connectivity index (χ0n) is 11.9. The second-order valence-corrected chi connectivity index (χ2v) is 5.37. The molecule has 0 atom stereocenters. The maximum atomic E-state index is 6.16. The molecule has 1 aliphatic heterocycles. The van der Waals surface area contributed by atoms with Crippen molar-refractivity contribution >= 4 is 23.1 Å². The van der Waals surface area contributed by atoms with E-state index < -0.39 is 0 Å². The Balaban J connectivity index is 1.69. The first kappa shape index (κ1) is 13.8. The molecule has 2 aromatic rings. The van der Waals surface area contributed by atoms with Crippen molar-refractivity contribution < 1.29 is 9.47 Å². The molecule has 0 amide bonds. The molecule has 1 aliphatic rings. The first-order valence-corrected chi connectivity index (χ1v) is 6.96. The summed E-state index contributed by atoms with van der Waals surface area (Å²) in [6.07, 6.45) is 1.81. The summed E-state index contributed by atoms with van der Waals surface area (Å²) in [5.41, 5.74) is 1.98. The van der Waals surface area contributed by atoms with Gasteiger partial charge in [0.2, 0.25) is 6.79 Å². The van der Waals surface area contributed by atoms with Crippen molar-refractivity contribution in [2.24, 2.45) is 0 Å². The van der Waals surface area contributed by atoms with Gasteiger partial charge < -0.3 is 19.7 Å². The van der Waals surface area contributed by atoms with Crippen LogP contribution in [0.25, 0.3) is 0 Å². The molecule has 6 heteroatoms. The van der Waals surface area contributed by atoms with Crippen molar-refractivity contribution in [1.29, 1.82) is 0 Å². The third-order valence-corrected chi connectivity index (χ3v) is 3.47. The predicted molar refractivity (Wildman–Crippen MR) is 83.5 cm³/mol. The number of hydrogen-bond donors (Lipinski definition) is 1. The van der Waals surface area contributed by atoms with Crippen molar-refractivity contribution in [3.05, 3.63) is 41.0 Å². The molecule has 2 heterocycles. The second kappa shape index (κ2) is 5.69. The lowest BCUT2D eigenvalue weighted by atomic mass is 10.2. The number of pyridine rings is 1. The highest BCUT2D eigenvalue weighted by Gasteiger charge is 2.18. The monoisotopic (exact) mass is 305 g/mol. The molecule has 0 radical (unpaired) electrons. The minimum absolute atomic E-state index is 0.224. The van der Waals surface area contributed by atoms with Crippen LogP contribution in [0.3, 0.4) is 0 Å². The summed E-state index contributed by atoms with van der Waals surface area (Å²) < 4.78 is 10.7. The van der Waals surface area contributed by atoms with Gasteiger partial charge in [0.05, 0.1) is 16.9 Å². The van der Waals surface area contributed by atoms with Gasteiger partial charge in [-0.2, -0.15) is 0 Å². The molecular weight excluding hydrogens is 290 g/mol. The van der Waals surface area contributed by atoms with E-state index in [1.165, 1.54) is 0 Å². The fraction of sp³-hybridized carbons (Fsp3) is 0.267. The topological polar surface area (TPSA) is 46.6 Å². The van der Waals surface area contributed by atoms with Gasteiger partial charge in [0.15, 0.2) is 11.5 Å². The standard InChI is InChI=1S/C15H16ClN3O2/c1-19(2)14-4-3-11(8-18-14)17-7-10-5-12(16)15-13(6-10)20-9-21-15/h3-6,8,17H,7,9H2,1-2H3. The van der Waals surface area contributed by atoms with E-state index in [0.717, 1.165) is 17.1 Å². The van der Waals surface area contributed by atoms with Gasteiger partial charge in [-0.25, -0.2) is 4.98 Å². The molecule has 5 nitrogen and oxygen atoms in total. The number of benzene rings is 1. The van der Waals surface area contributed by atoms with E-state index in [1.807, 2.05) is 49.5 Å². The minimum Gasteiger partial charge on any atom is -0.454 e. The quantitative estimate of drug-likeness (QED) is 0.940. The largest absolute Gasteiger partial charge is 0.454 e. The zero-order chi connectivity index (χ0) is 14.8. The van der Waals surface area contributed by atoms with E-state index >= 15 is 0 Å². The summed E-state index contributed by atoms with van der Waals surface area (Å²) in [4.78, 5) is 6.32. The van der Waals surface area contributed by atoms with Crippen LogP contribution in [-0.2, 0) is 6.54 Å². The highest BCUT2D eigenvalue weighted by Crippen LogP contribution is 2.39. The number of halogens is 1. The smallest absolute Gasteiger partial charge is 0.231 e. The average molecular weight is 306 g/mol. The minimum atomic E-state index is 0.224. The molecule has 0 fully saturated rings. The highest BCUT2D eigenvalue weighted by atomic mass is 35.5. The number of fused-ring (bicyclic) bond motifs is 1. The molecule has 0 saturated heterocycles. The molecule has 1 N–H and O–H groups in total. The van der Waals surface area contributed by atoms with Crippen LogP contribution in [0, 0.1) is 0 Å². The van der Waals surface area contributed by atoms with Crippen LogP contribution in [0.2, 0.25) is 5.02 Å². The Morgan fingerprint density at radius 3 is 2.86 bits per heavy atom. The van der Waals surface area contributed by atoms with Gasteiger partial charge in [-0.3, -0.25) is 0 Å². The summed E-state index contributed by atoms with van der Waals surface area (Å²) >= 11 is 6.16. The molecule has 1 aromatic carbocycles. The Morgan fingerprint density at radius 2 is 2.14 bits per heavy atom. The lowest BCUT2D eigenvalue weighted by Gasteiger charge is -2.12. The lowest BCUT2D eigenvalue weighted by Crippen LogP contribution is -2.10. The molecule has 0 saturated carbocycles. The molecule has 110 valence electrons. The van der Waals surface area contributed by atoms with Crippen LogP contribution < -0.4 is 19.7 Å². The van der Waals surface area contributed by atoms with Crippen LogP contribution in [0.15, 0.2) is 30.5 Å². The number of nitrogens with one attached hydrogen (secondary N) is 1. The summed E-state index contributed by atoms with van der Waals surface area (Å²) in [6, 6.07) is 7.78. The van der Waals surface area contributed by atoms with E-state index in [2.05, 4.69) is 10.3 Å².